The third-order valence-corrected chi connectivity index (χ3v) is 7.17. The van der Waals surface area contributed by atoms with Gasteiger partial charge in [0, 0.05) is 16.7 Å². The molecular formula is C25H26ClN3O5S. The lowest BCUT2D eigenvalue weighted by atomic mass is 10.2. The van der Waals surface area contributed by atoms with E-state index in [1.54, 1.807) is 62.6 Å². The molecule has 184 valence electrons. The monoisotopic (exact) mass is 515 g/mol. The number of nitrogens with one attached hydrogen (secondary N) is 1. The van der Waals surface area contributed by atoms with E-state index in [4.69, 9.17) is 21.1 Å². The maximum absolute atomic E-state index is 13.5. The lowest BCUT2D eigenvalue weighted by molar-refractivity contribution is -0.119. The van der Waals surface area contributed by atoms with Gasteiger partial charge in [0.15, 0.2) is 0 Å². The maximum atomic E-state index is 13.5. The molecular weight excluding hydrogens is 490 g/mol. The van der Waals surface area contributed by atoms with Crippen LogP contribution in [-0.2, 0) is 14.8 Å². The summed E-state index contributed by atoms with van der Waals surface area (Å²) >= 11 is 6.06. The zero-order valence-corrected chi connectivity index (χ0v) is 21.4. The largest absolute Gasteiger partial charge is 0.497 e. The Morgan fingerprint density at radius 3 is 2.37 bits per heavy atom. The van der Waals surface area contributed by atoms with Crippen LogP contribution in [0, 0.1) is 13.8 Å². The van der Waals surface area contributed by atoms with Gasteiger partial charge in [-0.1, -0.05) is 29.3 Å². The summed E-state index contributed by atoms with van der Waals surface area (Å²) in [5.74, 6) is 0.486. The molecule has 8 nitrogen and oxygen atoms in total. The molecule has 0 fully saturated rings. The van der Waals surface area contributed by atoms with E-state index in [9.17, 15) is 13.2 Å². The number of halogens is 1. The first-order valence-corrected chi connectivity index (χ1v) is 12.4. The van der Waals surface area contributed by atoms with E-state index in [2.05, 4.69) is 10.5 Å². The molecule has 35 heavy (non-hydrogen) atoms. The fourth-order valence-electron chi connectivity index (χ4n) is 3.30. The minimum atomic E-state index is -4.05. The molecule has 0 saturated carbocycles. The zero-order chi connectivity index (χ0) is 25.6. The fraction of sp³-hybridized carbons (Fsp3) is 0.200. The van der Waals surface area contributed by atoms with Crippen molar-refractivity contribution in [1.29, 1.82) is 0 Å². The summed E-state index contributed by atoms with van der Waals surface area (Å²) < 4.78 is 38.5. The Bertz CT molecular complexity index is 1340. The van der Waals surface area contributed by atoms with Gasteiger partial charge >= 0.3 is 0 Å². The Labute approximate surface area is 210 Å². The number of nitrogens with zero attached hydrogens (tertiary/aromatic N) is 2. The van der Waals surface area contributed by atoms with Crippen LogP contribution >= 0.6 is 11.6 Å². The molecule has 0 aliphatic heterocycles. The molecule has 3 rings (SSSR count). The Morgan fingerprint density at radius 2 is 1.74 bits per heavy atom. The van der Waals surface area contributed by atoms with Crippen molar-refractivity contribution in [2.75, 3.05) is 25.1 Å². The van der Waals surface area contributed by atoms with Gasteiger partial charge in [-0.3, -0.25) is 9.10 Å². The highest BCUT2D eigenvalue weighted by Gasteiger charge is 2.28. The Hall–Kier alpha value is -3.56. The number of aryl methyl sites for hydroxylation is 2. The van der Waals surface area contributed by atoms with Gasteiger partial charge < -0.3 is 9.47 Å². The molecule has 0 aromatic heterocycles. The summed E-state index contributed by atoms with van der Waals surface area (Å²) in [6, 6.07) is 16.3. The third-order valence-electron chi connectivity index (χ3n) is 5.16. The predicted octanol–water partition coefficient (Wildman–Crippen LogP) is 4.32. The number of benzene rings is 3. The van der Waals surface area contributed by atoms with Gasteiger partial charge in [0.25, 0.3) is 15.9 Å². The van der Waals surface area contributed by atoms with Crippen LogP contribution in [-0.4, -0.2) is 41.3 Å². The van der Waals surface area contributed by atoms with E-state index < -0.39 is 22.5 Å². The summed E-state index contributed by atoms with van der Waals surface area (Å²) in [4.78, 5) is 12.8. The van der Waals surface area contributed by atoms with Crippen molar-refractivity contribution in [2.45, 2.75) is 18.7 Å². The number of hydrogen-bond donors (Lipinski definition) is 1. The first-order valence-electron chi connectivity index (χ1n) is 10.5. The Morgan fingerprint density at radius 1 is 1.03 bits per heavy atom. The number of carbonyl (C=O) groups is 1. The molecule has 1 N–H and O–H groups in total. The molecule has 3 aromatic rings. The highest BCUT2D eigenvalue weighted by molar-refractivity contribution is 7.92. The van der Waals surface area contributed by atoms with Crippen molar-refractivity contribution in [2.24, 2.45) is 5.10 Å². The average Bonchev–Trinajstić information content (AvgIpc) is 2.83. The van der Waals surface area contributed by atoms with Gasteiger partial charge in [0.1, 0.15) is 18.0 Å². The van der Waals surface area contributed by atoms with E-state index in [-0.39, 0.29) is 4.90 Å². The van der Waals surface area contributed by atoms with Crippen LogP contribution in [0.2, 0.25) is 5.02 Å². The fourth-order valence-corrected chi connectivity index (χ4v) is 5.01. The summed E-state index contributed by atoms with van der Waals surface area (Å²) in [7, 11) is -1.00. The number of anilines is 1. The number of sulfonamides is 1. The molecule has 0 heterocycles. The van der Waals surface area contributed by atoms with Crippen molar-refractivity contribution >= 4 is 39.4 Å². The summed E-state index contributed by atoms with van der Waals surface area (Å²) in [5, 5.41) is 4.43. The predicted molar refractivity (Wildman–Crippen MR) is 137 cm³/mol. The van der Waals surface area contributed by atoms with Gasteiger partial charge in [-0.2, -0.15) is 5.10 Å². The number of rotatable bonds is 9. The molecule has 0 bridgehead atoms. The Kier molecular flexibility index (Phi) is 8.37. The second kappa shape index (κ2) is 11.2. The van der Waals surface area contributed by atoms with Crippen LogP contribution in [0.5, 0.6) is 11.5 Å². The van der Waals surface area contributed by atoms with Crippen LogP contribution in [0.4, 0.5) is 5.69 Å². The Balaban J connectivity index is 1.87. The second-order valence-electron chi connectivity index (χ2n) is 7.66. The molecule has 0 saturated heterocycles. The standard InChI is InChI=1S/C25H26ClN3O5S/c1-17-5-10-22(11-6-17)35(31,32)29(23-12-8-20(26)13-18(23)2)16-25(30)28-27-15-19-7-9-21(33-3)14-24(19)34-4/h5-15H,16H2,1-4H3,(H,28,30)/b27-15+. The van der Waals surface area contributed by atoms with Crippen molar-refractivity contribution in [3.05, 3.63) is 82.4 Å². The molecule has 1 amide bonds. The number of ether oxygens (including phenoxy) is 2. The molecule has 0 aliphatic rings. The smallest absolute Gasteiger partial charge is 0.264 e. The van der Waals surface area contributed by atoms with Crippen LogP contribution in [0.25, 0.3) is 0 Å². The van der Waals surface area contributed by atoms with Crippen LogP contribution in [0.15, 0.2) is 70.7 Å². The van der Waals surface area contributed by atoms with E-state index in [1.807, 2.05) is 6.92 Å². The minimum absolute atomic E-state index is 0.0664. The van der Waals surface area contributed by atoms with Gasteiger partial charge in [-0.05, 0) is 61.9 Å². The van der Waals surface area contributed by atoms with Crippen molar-refractivity contribution in [3.63, 3.8) is 0 Å². The molecule has 3 aromatic carbocycles. The van der Waals surface area contributed by atoms with Crippen LogP contribution < -0.4 is 19.2 Å². The summed E-state index contributed by atoms with van der Waals surface area (Å²) in [5.41, 5.74) is 4.85. The molecule has 10 heteroatoms. The summed E-state index contributed by atoms with van der Waals surface area (Å²) in [6.45, 7) is 3.10. The van der Waals surface area contributed by atoms with Crippen LogP contribution in [0.3, 0.4) is 0 Å². The highest BCUT2D eigenvalue weighted by atomic mass is 35.5. The highest BCUT2D eigenvalue weighted by Crippen LogP contribution is 2.29. The number of amides is 1. The van der Waals surface area contributed by atoms with Crippen molar-refractivity contribution in [3.8, 4) is 11.5 Å². The quantitative estimate of drug-likeness (QED) is 0.338. The normalized spacial score (nSPS) is 11.3. The number of carbonyl (C=O) groups excluding carboxylic acids is 1. The first kappa shape index (κ1) is 26.1. The molecule has 0 spiro atoms. The molecule has 0 aliphatic carbocycles. The lowest BCUT2D eigenvalue weighted by Crippen LogP contribution is -2.40. The molecule has 0 unspecified atom stereocenters. The first-order chi connectivity index (χ1) is 16.6. The number of hydrazone groups is 1. The van der Waals surface area contributed by atoms with Crippen LogP contribution in [0.1, 0.15) is 16.7 Å². The SMILES string of the molecule is COc1ccc(/C=N/NC(=O)CN(c2ccc(Cl)cc2C)S(=O)(=O)c2ccc(C)cc2)c(OC)c1. The minimum Gasteiger partial charge on any atom is -0.497 e. The van der Waals surface area contributed by atoms with Gasteiger partial charge in [-0.15, -0.1) is 0 Å². The third kappa shape index (κ3) is 6.32. The average molecular weight is 516 g/mol. The van der Waals surface area contributed by atoms with Crippen molar-refractivity contribution < 1.29 is 22.7 Å². The number of hydrogen-bond acceptors (Lipinski definition) is 6. The lowest BCUT2D eigenvalue weighted by Gasteiger charge is -2.25. The van der Waals surface area contributed by atoms with E-state index in [1.165, 1.54) is 25.5 Å². The molecule has 0 atom stereocenters. The summed E-state index contributed by atoms with van der Waals surface area (Å²) in [6.07, 6.45) is 1.41. The second-order valence-corrected chi connectivity index (χ2v) is 9.96. The van der Waals surface area contributed by atoms with Crippen molar-refractivity contribution in [1.82, 2.24) is 5.43 Å². The molecule has 0 radical (unpaired) electrons. The van der Waals surface area contributed by atoms with E-state index in [0.717, 1.165) is 9.87 Å². The van der Waals surface area contributed by atoms with Gasteiger partial charge in [-0.25, -0.2) is 13.8 Å². The van der Waals surface area contributed by atoms with E-state index >= 15 is 0 Å². The number of methoxy groups -OCH3 is 2. The van der Waals surface area contributed by atoms with Gasteiger partial charge in [0.05, 0.1) is 31.0 Å². The van der Waals surface area contributed by atoms with Gasteiger partial charge in [0.2, 0.25) is 0 Å². The van der Waals surface area contributed by atoms with E-state index in [0.29, 0.717) is 33.3 Å². The zero-order valence-electron chi connectivity index (χ0n) is 19.8. The maximum Gasteiger partial charge on any atom is 0.264 e. The topological polar surface area (TPSA) is 97.3 Å².